The van der Waals surface area contributed by atoms with Gasteiger partial charge in [0.1, 0.15) is 11.6 Å². The lowest BCUT2D eigenvalue weighted by Gasteiger charge is -2.29. The van der Waals surface area contributed by atoms with Gasteiger partial charge in [-0.2, -0.15) is 0 Å². The molecule has 3 aromatic rings. The van der Waals surface area contributed by atoms with E-state index in [1.807, 2.05) is 31.2 Å². The normalized spacial score (nSPS) is 13.7. The summed E-state index contributed by atoms with van der Waals surface area (Å²) in [5.74, 6) is 0.356. The molecule has 6 nitrogen and oxygen atoms in total. The Kier molecular flexibility index (Phi) is 5.88. The van der Waals surface area contributed by atoms with E-state index in [0.717, 1.165) is 37.2 Å². The Bertz CT molecular complexity index is 1050. The van der Waals surface area contributed by atoms with Crippen LogP contribution in [-0.2, 0) is 0 Å². The zero-order valence-corrected chi connectivity index (χ0v) is 16.9. The van der Waals surface area contributed by atoms with Crippen molar-refractivity contribution in [3.8, 4) is 11.3 Å². The van der Waals surface area contributed by atoms with Crippen molar-refractivity contribution in [2.24, 2.45) is 0 Å². The van der Waals surface area contributed by atoms with Crippen molar-refractivity contribution in [1.82, 2.24) is 9.97 Å². The van der Waals surface area contributed by atoms with Crippen LogP contribution in [0.5, 0.6) is 0 Å². The Morgan fingerprint density at radius 2 is 1.77 bits per heavy atom. The lowest BCUT2D eigenvalue weighted by atomic mass is 10.1. The molecule has 0 spiro atoms. The second-order valence-electron chi connectivity index (χ2n) is 7.36. The number of carbonyl (C=O) groups is 1. The van der Waals surface area contributed by atoms with E-state index in [0.29, 0.717) is 22.9 Å². The van der Waals surface area contributed by atoms with E-state index in [4.69, 9.17) is 0 Å². The Hall–Kier alpha value is -3.48. The molecule has 0 atom stereocenters. The maximum atomic E-state index is 14.6. The number of halogens is 1. The first-order valence-electron chi connectivity index (χ1n) is 10.1. The van der Waals surface area contributed by atoms with E-state index in [1.165, 1.54) is 12.5 Å². The van der Waals surface area contributed by atoms with Crippen LogP contribution in [0.1, 0.15) is 25.1 Å². The Labute approximate surface area is 175 Å². The summed E-state index contributed by atoms with van der Waals surface area (Å²) in [6.07, 6.45) is 5.05. The second kappa shape index (κ2) is 8.90. The summed E-state index contributed by atoms with van der Waals surface area (Å²) in [6.45, 7) is 3.56. The third-order valence-corrected chi connectivity index (χ3v) is 5.09. The molecule has 2 aromatic carbocycles. The molecular weight excluding hydrogens is 381 g/mol. The van der Waals surface area contributed by atoms with Gasteiger partial charge >= 0.3 is 6.03 Å². The third kappa shape index (κ3) is 4.74. The highest BCUT2D eigenvalue weighted by molar-refractivity contribution is 6.00. The fourth-order valence-electron chi connectivity index (χ4n) is 3.64. The number of aryl methyl sites for hydroxylation is 1. The summed E-state index contributed by atoms with van der Waals surface area (Å²) in [5.41, 5.74) is 3.27. The lowest BCUT2D eigenvalue weighted by molar-refractivity contribution is 0.262. The number of rotatable bonds is 4. The molecule has 1 fully saturated rings. The topological polar surface area (TPSA) is 70.2 Å². The van der Waals surface area contributed by atoms with Gasteiger partial charge in [-0.3, -0.25) is 0 Å². The molecule has 30 heavy (non-hydrogen) atoms. The van der Waals surface area contributed by atoms with Crippen LogP contribution in [-0.4, -0.2) is 29.1 Å². The highest BCUT2D eigenvalue weighted by Gasteiger charge is 2.15. The quantitative estimate of drug-likeness (QED) is 0.624. The fourth-order valence-corrected chi connectivity index (χ4v) is 3.64. The largest absolute Gasteiger partial charge is 0.369 e. The Morgan fingerprint density at radius 1 is 1.00 bits per heavy atom. The first-order valence-corrected chi connectivity index (χ1v) is 10.1. The molecule has 7 heteroatoms. The van der Waals surface area contributed by atoms with Crippen LogP contribution in [0.4, 0.5) is 26.2 Å². The van der Waals surface area contributed by atoms with E-state index < -0.39 is 6.03 Å². The molecule has 1 aliphatic rings. The van der Waals surface area contributed by atoms with E-state index in [1.54, 1.807) is 24.4 Å². The van der Waals surface area contributed by atoms with Crippen molar-refractivity contribution >= 4 is 23.1 Å². The maximum Gasteiger partial charge on any atom is 0.323 e. The zero-order valence-electron chi connectivity index (χ0n) is 16.9. The predicted octanol–water partition coefficient (Wildman–Crippen LogP) is 5.23. The average molecular weight is 405 g/mol. The van der Waals surface area contributed by atoms with Gasteiger partial charge in [0.2, 0.25) is 0 Å². The molecule has 4 rings (SSSR count). The standard InChI is InChI=1S/C23H24FN5O/c1-16-25-11-10-21(26-16)17-6-5-7-18(14-17)27-23(30)28-19-8-9-22(20(24)15-19)29-12-3-2-4-13-29/h5-11,14-15H,2-4,12-13H2,1H3,(H2,27,28,30). The molecule has 0 bridgehead atoms. The lowest BCUT2D eigenvalue weighted by Crippen LogP contribution is -2.30. The van der Waals surface area contributed by atoms with Gasteiger partial charge in [0.05, 0.1) is 11.4 Å². The molecule has 1 saturated heterocycles. The van der Waals surface area contributed by atoms with Crippen LogP contribution < -0.4 is 15.5 Å². The summed E-state index contributed by atoms with van der Waals surface area (Å²) in [4.78, 5) is 23.0. The van der Waals surface area contributed by atoms with Crippen LogP contribution in [0.15, 0.2) is 54.7 Å². The number of carbonyl (C=O) groups excluding carboxylic acids is 1. The minimum atomic E-state index is -0.434. The zero-order chi connectivity index (χ0) is 20.9. The number of urea groups is 1. The van der Waals surface area contributed by atoms with Gasteiger partial charge in [-0.25, -0.2) is 19.2 Å². The number of hydrogen-bond donors (Lipinski definition) is 2. The summed E-state index contributed by atoms with van der Waals surface area (Å²) < 4.78 is 14.6. The van der Waals surface area contributed by atoms with E-state index >= 15 is 0 Å². The summed E-state index contributed by atoms with van der Waals surface area (Å²) in [6, 6.07) is 13.6. The smallest absolute Gasteiger partial charge is 0.323 e. The number of nitrogens with one attached hydrogen (secondary N) is 2. The van der Waals surface area contributed by atoms with E-state index in [9.17, 15) is 9.18 Å². The summed E-state index contributed by atoms with van der Waals surface area (Å²) in [7, 11) is 0. The minimum Gasteiger partial charge on any atom is -0.369 e. The molecule has 0 aliphatic carbocycles. The molecule has 0 unspecified atom stereocenters. The van der Waals surface area contributed by atoms with Gasteiger partial charge in [0.15, 0.2) is 0 Å². The van der Waals surface area contributed by atoms with Gasteiger partial charge in [-0.05, 0) is 62.6 Å². The highest BCUT2D eigenvalue weighted by Crippen LogP contribution is 2.26. The Morgan fingerprint density at radius 3 is 2.50 bits per heavy atom. The molecule has 1 aromatic heterocycles. The van der Waals surface area contributed by atoms with Crippen LogP contribution in [0.3, 0.4) is 0 Å². The van der Waals surface area contributed by atoms with Gasteiger partial charge in [-0.15, -0.1) is 0 Å². The van der Waals surface area contributed by atoms with Crippen molar-refractivity contribution in [2.75, 3.05) is 28.6 Å². The van der Waals surface area contributed by atoms with E-state index in [-0.39, 0.29) is 5.82 Å². The number of piperidine rings is 1. The maximum absolute atomic E-state index is 14.6. The van der Waals surface area contributed by atoms with Crippen molar-refractivity contribution < 1.29 is 9.18 Å². The predicted molar refractivity (Wildman–Crippen MR) is 117 cm³/mol. The van der Waals surface area contributed by atoms with Crippen molar-refractivity contribution in [2.45, 2.75) is 26.2 Å². The molecular formula is C23H24FN5O. The molecule has 2 amide bonds. The third-order valence-electron chi connectivity index (χ3n) is 5.09. The molecule has 1 aliphatic heterocycles. The van der Waals surface area contributed by atoms with Gasteiger partial charge < -0.3 is 15.5 Å². The van der Waals surface area contributed by atoms with Gasteiger partial charge in [0, 0.05) is 36.2 Å². The molecule has 2 heterocycles. The molecule has 154 valence electrons. The number of nitrogens with zero attached hydrogens (tertiary/aromatic N) is 3. The second-order valence-corrected chi connectivity index (χ2v) is 7.36. The van der Waals surface area contributed by atoms with Crippen molar-refractivity contribution in [3.63, 3.8) is 0 Å². The number of aromatic nitrogens is 2. The molecule has 2 N–H and O–H groups in total. The van der Waals surface area contributed by atoms with Gasteiger partial charge in [0.25, 0.3) is 0 Å². The monoisotopic (exact) mass is 405 g/mol. The molecule has 0 radical (unpaired) electrons. The van der Waals surface area contributed by atoms with Gasteiger partial charge in [-0.1, -0.05) is 12.1 Å². The van der Waals surface area contributed by atoms with E-state index in [2.05, 4.69) is 25.5 Å². The average Bonchev–Trinajstić information content (AvgIpc) is 2.74. The van der Waals surface area contributed by atoms with Crippen molar-refractivity contribution in [1.29, 1.82) is 0 Å². The van der Waals surface area contributed by atoms with Crippen LogP contribution in [0, 0.1) is 12.7 Å². The molecule has 0 saturated carbocycles. The van der Waals surface area contributed by atoms with Crippen molar-refractivity contribution in [3.05, 3.63) is 66.4 Å². The van der Waals surface area contributed by atoms with Crippen LogP contribution >= 0.6 is 0 Å². The van der Waals surface area contributed by atoms with Crippen LogP contribution in [0.25, 0.3) is 11.3 Å². The number of hydrogen-bond acceptors (Lipinski definition) is 4. The summed E-state index contributed by atoms with van der Waals surface area (Å²) >= 11 is 0. The highest BCUT2D eigenvalue weighted by atomic mass is 19.1. The SMILES string of the molecule is Cc1nccc(-c2cccc(NC(=O)Nc3ccc(N4CCCCC4)c(F)c3)c2)n1. The summed E-state index contributed by atoms with van der Waals surface area (Å²) in [5, 5.41) is 5.48. The number of anilines is 3. The number of amides is 2. The Balaban J connectivity index is 1.42. The first-order chi connectivity index (χ1) is 14.6. The minimum absolute atomic E-state index is 0.323. The first kappa shape index (κ1) is 19.8. The number of benzene rings is 2. The van der Waals surface area contributed by atoms with Crippen LogP contribution in [0.2, 0.25) is 0 Å². The fraction of sp³-hybridized carbons (Fsp3) is 0.261.